The molecule has 5 heterocycles. The van der Waals surface area contributed by atoms with Crippen LogP contribution < -0.4 is 0 Å². The van der Waals surface area contributed by atoms with Crippen LogP contribution in [0.25, 0.3) is 0 Å². The van der Waals surface area contributed by atoms with Gasteiger partial charge in [0.15, 0.2) is 0 Å². The van der Waals surface area contributed by atoms with E-state index in [9.17, 15) is 0 Å². The predicted octanol–water partition coefficient (Wildman–Crippen LogP) is 17.6. The van der Waals surface area contributed by atoms with Gasteiger partial charge in [-0.2, -0.15) is 0 Å². The van der Waals surface area contributed by atoms with Gasteiger partial charge >= 0.3 is 0 Å². The van der Waals surface area contributed by atoms with Gasteiger partial charge in [0.2, 0.25) is 0 Å². The van der Waals surface area contributed by atoms with Crippen LogP contribution in [0.3, 0.4) is 0 Å². The Bertz CT molecular complexity index is 1200. The van der Waals surface area contributed by atoms with Gasteiger partial charge in [-0.3, -0.25) is 9.80 Å². The molecule has 0 atom stereocenters. The number of likely N-dealkylation sites (N-methyl/N-ethyl adjacent to an activating group) is 2. The first-order chi connectivity index (χ1) is 37.3. The van der Waals surface area contributed by atoms with Crippen molar-refractivity contribution in [3.8, 4) is 0 Å². The van der Waals surface area contributed by atoms with Gasteiger partial charge < -0.3 is 24.5 Å². The molecule has 5 aliphatic heterocycles. The highest BCUT2D eigenvalue weighted by atomic mass is 15.3. The quantitative estimate of drug-likeness (QED) is 0.203. The molecule has 0 amide bonds. The van der Waals surface area contributed by atoms with Gasteiger partial charge in [0.1, 0.15) is 0 Å². The minimum absolute atomic E-state index is 0.730. The molecule has 472 valence electrons. The Morgan fingerprint density at radius 3 is 0.544 bits per heavy atom. The van der Waals surface area contributed by atoms with Crippen LogP contribution in [-0.4, -0.2) is 170 Å². The van der Waals surface area contributed by atoms with Gasteiger partial charge in [-0.1, -0.05) is 139 Å². The molecule has 0 spiro atoms. The third-order valence-corrected chi connectivity index (χ3v) is 20.1. The molecule has 0 aromatic rings. The fraction of sp³-hybridized carbons (Fsp3) is 1.00. The summed E-state index contributed by atoms with van der Waals surface area (Å²) in [6.45, 7) is 61.4. The van der Waals surface area contributed by atoms with E-state index in [-0.39, 0.29) is 0 Å². The number of rotatable bonds is 11. The van der Waals surface area contributed by atoms with E-state index in [1.807, 2.05) is 0 Å². The SMILES string of the molecule is CC(C)C.CC(C)C.CC(C)N1CCN(C)CC1.CC(C)N1CCN(C)CC1.CC1CCC(CC2CCN(C(C)C)CC2)CC1.CC1CCC(CC2CCN(C(C)C)CC2)CC1.CC1CCC(CC2CCN(C(C)C)CC2)CC1. The Labute approximate surface area is 499 Å². The molecular formula is C72H149N7. The van der Waals surface area contributed by atoms with Gasteiger partial charge in [0.05, 0.1) is 0 Å². The van der Waals surface area contributed by atoms with Crippen LogP contribution in [0, 0.1) is 65.1 Å². The van der Waals surface area contributed by atoms with Gasteiger partial charge in [0.25, 0.3) is 0 Å². The maximum absolute atomic E-state index is 2.65. The van der Waals surface area contributed by atoms with Crippen LogP contribution in [0.15, 0.2) is 0 Å². The Kier molecular flexibility index (Phi) is 40.3. The second kappa shape index (κ2) is 42.5. The van der Waals surface area contributed by atoms with Crippen molar-refractivity contribution in [2.75, 3.05) is 106 Å². The van der Waals surface area contributed by atoms with E-state index < -0.39 is 0 Å². The maximum Gasteiger partial charge on any atom is 0.0112 e. The lowest BCUT2D eigenvalue weighted by Crippen LogP contribution is -2.47. The molecule has 0 N–H and O–H groups in total. The summed E-state index contributed by atoms with van der Waals surface area (Å²) in [5.74, 6) is 11.0. The third-order valence-electron chi connectivity index (χ3n) is 20.1. The van der Waals surface area contributed by atoms with E-state index in [0.29, 0.717) is 0 Å². The summed E-state index contributed by atoms with van der Waals surface area (Å²) in [5.41, 5.74) is 0. The Hall–Kier alpha value is -0.280. The van der Waals surface area contributed by atoms with Crippen molar-refractivity contribution in [2.45, 2.75) is 297 Å². The van der Waals surface area contributed by atoms with Crippen molar-refractivity contribution in [3.05, 3.63) is 0 Å². The number of piperidine rings is 3. The lowest BCUT2D eigenvalue weighted by Gasteiger charge is -2.37. The molecule has 0 aromatic heterocycles. The fourth-order valence-electron chi connectivity index (χ4n) is 13.9. The number of piperazine rings is 2. The minimum atomic E-state index is 0.730. The molecule has 7 nitrogen and oxygen atoms in total. The molecule has 8 aliphatic rings. The number of nitrogens with zero attached hydrogens (tertiary/aromatic N) is 7. The largest absolute Gasteiger partial charge is 0.304 e. The monoisotopic (exact) mass is 1110 g/mol. The van der Waals surface area contributed by atoms with E-state index in [4.69, 9.17) is 0 Å². The summed E-state index contributed by atoms with van der Waals surface area (Å²) in [6.07, 6.45) is 31.5. The van der Waals surface area contributed by atoms with Crippen molar-refractivity contribution in [1.29, 1.82) is 0 Å². The predicted molar refractivity (Wildman–Crippen MR) is 355 cm³/mol. The van der Waals surface area contributed by atoms with E-state index in [1.54, 1.807) is 19.3 Å². The Morgan fingerprint density at radius 2 is 0.380 bits per heavy atom. The molecule has 3 saturated carbocycles. The smallest absolute Gasteiger partial charge is 0.0112 e. The van der Waals surface area contributed by atoms with Gasteiger partial charge in [-0.25, -0.2) is 0 Å². The maximum atomic E-state index is 2.65. The second-order valence-corrected chi connectivity index (χ2v) is 31.1. The standard InChI is InChI=1S/3C16H31N.2C8H18N2.2C4H10/c3*1-13(2)17-10-8-16(9-11-17)12-15-6-4-14(3)5-7-15;2*1-8(2)10-6-4-9(3)5-7-10;2*1-4(2)3/h3*13-16H,4-12H2,1-3H3;2*8H,4-7H2,1-3H3;2*4H,1-3H3. The molecular weight excluding hydrogens is 963 g/mol. The molecule has 0 unspecified atom stereocenters. The fourth-order valence-corrected chi connectivity index (χ4v) is 13.9. The molecule has 3 aliphatic carbocycles. The molecule has 8 rings (SSSR count). The zero-order chi connectivity index (χ0) is 59.0. The molecule has 79 heavy (non-hydrogen) atoms. The number of likely N-dealkylation sites (tertiary alicyclic amines) is 3. The van der Waals surface area contributed by atoms with E-state index >= 15 is 0 Å². The molecule has 0 bridgehead atoms. The van der Waals surface area contributed by atoms with Crippen molar-refractivity contribution in [2.24, 2.45) is 65.1 Å². The van der Waals surface area contributed by atoms with E-state index in [0.717, 1.165) is 95.3 Å². The average molecular weight is 1110 g/mol. The second-order valence-electron chi connectivity index (χ2n) is 31.1. The summed E-state index contributed by atoms with van der Waals surface area (Å²) < 4.78 is 0. The molecule has 0 radical (unpaired) electrons. The molecule has 8 fully saturated rings. The summed E-state index contributed by atoms with van der Waals surface area (Å²) >= 11 is 0. The minimum Gasteiger partial charge on any atom is -0.304 e. The number of hydrogen-bond acceptors (Lipinski definition) is 7. The number of hydrogen-bond donors (Lipinski definition) is 0. The van der Waals surface area contributed by atoms with E-state index in [2.05, 4.69) is 180 Å². The first-order valence-electron chi connectivity index (χ1n) is 35.4. The highest BCUT2D eigenvalue weighted by Gasteiger charge is 2.29. The Balaban J connectivity index is 0.000000331. The zero-order valence-corrected chi connectivity index (χ0v) is 58.1. The highest BCUT2D eigenvalue weighted by Crippen LogP contribution is 2.38. The van der Waals surface area contributed by atoms with Crippen molar-refractivity contribution in [3.63, 3.8) is 0 Å². The normalized spacial score (nSPS) is 28.4. The van der Waals surface area contributed by atoms with Crippen LogP contribution >= 0.6 is 0 Å². The van der Waals surface area contributed by atoms with Crippen LogP contribution in [0.1, 0.15) is 266 Å². The van der Waals surface area contributed by atoms with Crippen LogP contribution in [0.5, 0.6) is 0 Å². The third kappa shape index (κ3) is 35.7. The average Bonchev–Trinajstić information content (AvgIpc) is 3.40. The summed E-state index contributed by atoms with van der Waals surface area (Å²) in [4.78, 5) is 17.8. The highest BCUT2D eigenvalue weighted by molar-refractivity contribution is 4.82. The summed E-state index contributed by atoms with van der Waals surface area (Å²) in [6, 6.07) is 3.73. The van der Waals surface area contributed by atoms with E-state index in [1.165, 1.54) is 207 Å². The topological polar surface area (TPSA) is 22.7 Å². The van der Waals surface area contributed by atoms with Crippen LogP contribution in [-0.2, 0) is 0 Å². The zero-order valence-electron chi connectivity index (χ0n) is 58.1. The van der Waals surface area contributed by atoms with Crippen LogP contribution in [0.2, 0.25) is 0 Å². The Morgan fingerprint density at radius 1 is 0.228 bits per heavy atom. The lowest BCUT2D eigenvalue weighted by atomic mass is 9.77. The molecule has 5 saturated heterocycles. The summed E-state index contributed by atoms with van der Waals surface area (Å²) in [5, 5.41) is 0. The van der Waals surface area contributed by atoms with Gasteiger partial charge in [-0.05, 0) is 245 Å². The molecule has 0 aromatic carbocycles. The first-order valence-corrected chi connectivity index (χ1v) is 35.4. The van der Waals surface area contributed by atoms with Crippen molar-refractivity contribution in [1.82, 2.24) is 34.3 Å². The van der Waals surface area contributed by atoms with Crippen molar-refractivity contribution < 1.29 is 0 Å². The van der Waals surface area contributed by atoms with Crippen molar-refractivity contribution >= 4 is 0 Å². The summed E-state index contributed by atoms with van der Waals surface area (Å²) in [7, 11) is 4.38. The van der Waals surface area contributed by atoms with Gasteiger partial charge in [0, 0.05) is 82.6 Å². The lowest BCUT2D eigenvalue weighted by molar-refractivity contribution is 0.126. The molecule has 7 heteroatoms. The van der Waals surface area contributed by atoms with Gasteiger partial charge in [-0.15, -0.1) is 0 Å². The first kappa shape index (κ1) is 74.8. The van der Waals surface area contributed by atoms with Crippen LogP contribution in [0.4, 0.5) is 0 Å².